The van der Waals surface area contributed by atoms with Crippen LogP contribution in [0.25, 0.3) is 0 Å². The molecule has 1 N–H and O–H groups in total. The number of aromatic nitrogens is 2. The van der Waals surface area contributed by atoms with Crippen molar-refractivity contribution < 1.29 is 0 Å². The third-order valence-electron chi connectivity index (χ3n) is 3.21. The molecule has 0 aliphatic carbocycles. The van der Waals surface area contributed by atoms with Crippen molar-refractivity contribution in [1.82, 2.24) is 15.1 Å². The summed E-state index contributed by atoms with van der Waals surface area (Å²) in [5.41, 5.74) is 4.59. The van der Waals surface area contributed by atoms with Crippen molar-refractivity contribution in [3.05, 3.63) is 51.8 Å². The third kappa shape index (κ3) is 3.37. The van der Waals surface area contributed by atoms with Crippen LogP contribution in [0.2, 0.25) is 5.02 Å². The number of hydrogen-bond donors (Lipinski definition) is 1. The van der Waals surface area contributed by atoms with Gasteiger partial charge in [-0.05, 0) is 18.9 Å². The van der Waals surface area contributed by atoms with E-state index in [-0.39, 0.29) is 0 Å². The maximum Gasteiger partial charge on any atom is 0.0863 e. The van der Waals surface area contributed by atoms with Gasteiger partial charge in [0, 0.05) is 20.1 Å². The zero-order valence-electron chi connectivity index (χ0n) is 11.7. The molecule has 4 heteroatoms. The van der Waals surface area contributed by atoms with Crippen molar-refractivity contribution in [1.29, 1.82) is 0 Å². The van der Waals surface area contributed by atoms with Crippen LogP contribution in [0.5, 0.6) is 0 Å². The summed E-state index contributed by atoms with van der Waals surface area (Å²) < 4.78 is 1.87. The second-order valence-electron chi connectivity index (χ2n) is 4.78. The summed E-state index contributed by atoms with van der Waals surface area (Å²) in [6, 6.07) is 8.51. The van der Waals surface area contributed by atoms with E-state index in [0.717, 1.165) is 35.9 Å². The van der Waals surface area contributed by atoms with Crippen LogP contribution in [-0.2, 0) is 26.6 Å². The lowest BCUT2D eigenvalue weighted by atomic mass is 10.1. The summed E-state index contributed by atoms with van der Waals surface area (Å²) >= 11 is 6.31. The largest absolute Gasteiger partial charge is 0.307 e. The quantitative estimate of drug-likeness (QED) is 0.909. The molecular weight excluding hydrogens is 258 g/mol. The van der Waals surface area contributed by atoms with E-state index < -0.39 is 0 Å². The number of nitrogens with zero attached hydrogens (tertiary/aromatic N) is 2. The second-order valence-corrected chi connectivity index (χ2v) is 5.16. The summed E-state index contributed by atoms with van der Waals surface area (Å²) in [6.45, 7) is 5.74. The molecule has 0 unspecified atom stereocenters. The van der Waals surface area contributed by atoms with Crippen LogP contribution in [-0.4, -0.2) is 9.78 Å². The normalized spacial score (nSPS) is 10.9. The van der Waals surface area contributed by atoms with Crippen LogP contribution in [0.3, 0.4) is 0 Å². The molecule has 19 heavy (non-hydrogen) atoms. The molecule has 0 saturated heterocycles. The Morgan fingerprint density at radius 3 is 2.74 bits per heavy atom. The minimum Gasteiger partial charge on any atom is -0.307 e. The van der Waals surface area contributed by atoms with Crippen LogP contribution >= 0.6 is 11.6 Å². The van der Waals surface area contributed by atoms with Gasteiger partial charge in [0.05, 0.1) is 16.4 Å². The van der Waals surface area contributed by atoms with Crippen molar-refractivity contribution in [3.63, 3.8) is 0 Å². The monoisotopic (exact) mass is 277 g/mol. The van der Waals surface area contributed by atoms with Crippen LogP contribution in [0.4, 0.5) is 0 Å². The van der Waals surface area contributed by atoms with Gasteiger partial charge in [-0.25, -0.2) is 0 Å². The SMILES string of the molecule is CCc1nn(C)c(CNCc2cccc(C)c2)c1Cl. The first kappa shape index (κ1) is 14.1. The zero-order chi connectivity index (χ0) is 13.8. The fourth-order valence-electron chi connectivity index (χ4n) is 2.16. The maximum absolute atomic E-state index is 6.31. The highest BCUT2D eigenvalue weighted by Gasteiger charge is 2.12. The van der Waals surface area contributed by atoms with Crippen LogP contribution in [0, 0.1) is 6.92 Å². The molecule has 0 radical (unpaired) electrons. The van der Waals surface area contributed by atoms with Gasteiger partial charge >= 0.3 is 0 Å². The number of nitrogens with one attached hydrogen (secondary N) is 1. The van der Waals surface area contributed by atoms with Gasteiger partial charge in [-0.1, -0.05) is 48.4 Å². The molecule has 1 aromatic heterocycles. The Bertz CT molecular complexity index is 561. The molecular formula is C15H20ClN3. The number of aryl methyl sites for hydroxylation is 3. The summed E-state index contributed by atoms with van der Waals surface area (Å²) in [5, 5.41) is 8.63. The van der Waals surface area contributed by atoms with Gasteiger partial charge in [0.15, 0.2) is 0 Å². The Labute approximate surface area is 119 Å². The molecule has 0 spiro atoms. The summed E-state index contributed by atoms with van der Waals surface area (Å²) in [6.07, 6.45) is 0.866. The van der Waals surface area contributed by atoms with E-state index in [1.807, 2.05) is 11.7 Å². The highest BCUT2D eigenvalue weighted by atomic mass is 35.5. The number of halogens is 1. The lowest BCUT2D eigenvalue weighted by molar-refractivity contribution is 0.623. The summed E-state index contributed by atoms with van der Waals surface area (Å²) in [5.74, 6) is 0. The molecule has 1 heterocycles. The Morgan fingerprint density at radius 1 is 1.32 bits per heavy atom. The minimum absolute atomic E-state index is 0.732. The molecule has 2 rings (SSSR count). The number of hydrogen-bond acceptors (Lipinski definition) is 2. The molecule has 0 aliphatic rings. The van der Waals surface area contributed by atoms with E-state index in [0.29, 0.717) is 0 Å². The molecule has 3 nitrogen and oxygen atoms in total. The number of benzene rings is 1. The van der Waals surface area contributed by atoms with Gasteiger partial charge in [-0.15, -0.1) is 0 Å². The van der Waals surface area contributed by atoms with Crippen molar-refractivity contribution in [2.24, 2.45) is 7.05 Å². The smallest absolute Gasteiger partial charge is 0.0863 e. The van der Waals surface area contributed by atoms with E-state index in [1.165, 1.54) is 11.1 Å². The Hall–Kier alpha value is -1.32. The lowest BCUT2D eigenvalue weighted by Crippen LogP contribution is -2.15. The van der Waals surface area contributed by atoms with Crippen molar-refractivity contribution in [2.75, 3.05) is 0 Å². The molecule has 0 fully saturated rings. The molecule has 0 saturated carbocycles. The zero-order valence-corrected chi connectivity index (χ0v) is 12.5. The Kier molecular flexibility index (Phi) is 4.61. The topological polar surface area (TPSA) is 29.9 Å². The van der Waals surface area contributed by atoms with Crippen molar-refractivity contribution in [2.45, 2.75) is 33.4 Å². The molecule has 2 aromatic rings. The first-order valence-corrected chi connectivity index (χ1v) is 6.96. The second kappa shape index (κ2) is 6.22. The van der Waals surface area contributed by atoms with Gasteiger partial charge in [-0.2, -0.15) is 5.10 Å². The number of rotatable bonds is 5. The first-order chi connectivity index (χ1) is 9.11. The van der Waals surface area contributed by atoms with E-state index in [4.69, 9.17) is 11.6 Å². The lowest BCUT2D eigenvalue weighted by Gasteiger charge is -2.06. The average molecular weight is 278 g/mol. The van der Waals surface area contributed by atoms with Crippen molar-refractivity contribution >= 4 is 11.6 Å². The van der Waals surface area contributed by atoms with Crippen LogP contribution < -0.4 is 5.32 Å². The van der Waals surface area contributed by atoms with E-state index in [1.54, 1.807) is 0 Å². The van der Waals surface area contributed by atoms with Gasteiger partial charge in [-0.3, -0.25) is 4.68 Å². The Balaban J connectivity index is 1.98. The standard InChI is InChI=1S/C15H20ClN3/c1-4-13-15(16)14(19(3)18-13)10-17-9-12-7-5-6-11(2)8-12/h5-8,17H,4,9-10H2,1-3H3. The third-order valence-corrected chi connectivity index (χ3v) is 3.64. The Morgan fingerprint density at radius 2 is 2.11 bits per heavy atom. The molecule has 102 valence electrons. The predicted molar refractivity (Wildman–Crippen MR) is 79.3 cm³/mol. The fraction of sp³-hybridized carbons (Fsp3) is 0.400. The van der Waals surface area contributed by atoms with Crippen molar-refractivity contribution in [3.8, 4) is 0 Å². The molecule has 1 aromatic carbocycles. The van der Waals surface area contributed by atoms with Gasteiger partial charge < -0.3 is 5.32 Å². The average Bonchev–Trinajstić information content (AvgIpc) is 2.66. The predicted octanol–water partition coefficient (Wildman–Crippen LogP) is 3.23. The van der Waals surface area contributed by atoms with E-state index >= 15 is 0 Å². The van der Waals surface area contributed by atoms with Gasteiger partial charge in [0.25, 0.3) is 0 Å². The van der Waals surface area contributed by atoms with Crippen LogP contribution in [0.15, 0.2) is 24.3 Å². The highest BCUT2D eigenvalue weighted by molar-refractivity contribution is 6.31. The van der Waals surface area contributed by atoms with E-state index in [9.17, 15) is 0 Å². The summed E-state index contributed by atoms with van der Waals surface area (Å²) in [7, 11) is 1.94. The highest BCUT2D eigenvalue weighted by Crippen LogP contribution is 2.20. The fourth-order valence-corrected chi connectivity index (χ4v) is 2.52. The minimum atomic E-state index is 0.732. The van der Waals surface area contributed by atoms with Gasteiger partial charge in [0.2, 0.25) is 0 Å². The summed E-state index contributed by atoms with van der Waals surface area (Å²) in [4.78, 5) is 0. The molecule has 0 aliphatic heterocycles. The maximum atomic E-state index is 6.31. The van der Waals surface area contributed by atoms with E-state index in [2.05, 4.69) is 48.5 Å². The molecule has 0 amide bonds. The molecule has 0 atom stereocenters. The molecule has 0 bridgehead atoms. The first-order valence-electron chi connectivity index (χ1n) is 6.58. The van der Waals surface area contributed by atoms with Crippen LogP contribution in [0.1, 0.15) is 29.4 Å². The van der Waals surface area contributed by atoms with Gasteiger partial charge in [0.1, 0.15) is 0 Å².